The summed E-state index contributed by atoms with van der Waals surface area (Å²) >= 11 is 0. The molecule has 2 heterocycles. The smallest absolute Gasteiger partial charge is 0.333 e. The molecule has 0 N–H and O–H groups in total. The number of rotatable bonds is 3. The Morgan fingerprint density at radius 3 is 2.08 bits per heavy atom. The van der Waals surface area contributed by atoms with Gasteiger partial charge < -0.3 is 4.42 Å². The number of barbiturate groups is 1. The van der Waals surface area contributed by atoms with Gasteiger partial charge in [-0.25, -0.2) is 4.79 Å². The molecule has 0 saturated carbocycles. The maximum absolute atomic E-state index is 12.2. The van der Waals surface area contributed by atoms with Crippen molar-refractivity contribution in [1.29, 1.82) is 0 Å². The predicted octanol–water partition coefficient (Wildman–Crippen LogP) is 2.29. The number of hydrogen-bond donors (Lipinski definition) is 0. The van der Waals surface area contributed by atoms with Crippen molar-refractivity contribution in [2.75, 3.05) is 14.1 Å². The highest BCUT2D eigenvalue weighted by Gasteiger charge is 2.38. The molecule has 0 atom stereocenters. The van der Waals surface area contributed by atoms with Crippen LogP contribution in [0.25, 0.3) is 17.4 Å². The molecule has 0 radical (unpaired) electrons. The number of carbonyl (C=O) groups is 3. The molecule has 0 spiro atoms. The number of hydrogen-bond acceptors (Lipinski definition) is 6. The van der Waals surface area contributed by atoms with Crippen LogP contribution in [-0.2, 0) is 9.59 Å². The molecule has 2 aromatic rings. The fraction of sp³-hybridized carbons (Fsp3) is 0.118. The number of non-ortho nitro benzene ring substituents is 1. The summed E-state index contributed by atoms with van der Waals surface area (Å²) in [6, 6.07) is 8.23. The normalized spacial score (nSPS) is 14.8. The molecule has 1 aliphatic heterocycles. The number of urea groups is 1. The molecule has 1 aromatic heterocycles. The van der Waals surface area contributed by atoms with Gasteiger partial charge in [0.1, 0.15) is 17.1 Å². The molecule has 1 aliphatic rings. The van der Waals surface area contributed by atoms with E-state index in [1.165, 1.54) is 44.4 Å². The number of amides is 4. The van der Waals surface area contributed by atoms with Crippen LogP contribution in [0.2, 0.25) is 0 Å². The van der Waals surface area contributed by atoms with Gasteiger partial charge in [0, 0.05) is 31.8 Å². The predicted molar refractivity (Wildman–Crippen MR) is 89.7 cm³/mol. The number of nitrogens with zero attached hydrogens (tertiary/aromatic N) is 3. The number of imide groups is 2. The summed E-state index contributed by atoms with van der Waals surface area (Å²) in [7, 11) is 2.57. The zero-order valence-corrected chi connectivity index (χ0v) is 13.8. The number of benzene rings is 1. The fourth-order valence-corrected chi connectivity index (χ4v) is 2.45. The molecule has 4 amide bonds. The fourth-order valence-electron chi connectivity index (χ4n) is 2.45. The molecule has 0 bridgehead atoms. The lowest BCUT2D eigenvalue weighted by atomic mass is 10.1. The van der Waals surface area contributed by atoms with Crippen molar-refractivity contribution in [3.05, 3.63) is 57.8 Å². The van der Waals surface area contributed by atoms with E-state index in [4.69, 9.17) is 4.42 Å². The van der Waals surface area contributed by atoms with Crippen LogP contribution < -0.4 is 0 Å². The van der Waals surface area contributed by atoms with Gasteiger partial charge in [-0.3, -0.25) is 29.5 Å². The van der Waals surface area contributed by atoms with Crippen molar-refractivity contribution in [2.45, 2.75) is 0 Å². The number of likely N-dealkylation sites (N-methyl/N-ethyl adjacent to an activating group) is 2. The molecule has 3 rings (SSSR count). The van der Waals surface area contributed by atoms with Crippen LogP contribution in [0.4, 0.5) is 10.5 Å². The second kappa shape index (κ2) is 6.28. The minimum atomic E-state index is -0.716. The average Bonchev–Trinajstić information content (AvgIpc) is 3.10. The van der Waals surface area contributed by atoms with E-state index in [0.29, 0.717) is 11.3 Å². The number of furan rings is 1. The van der Waals surface area contributed by atoms with Gasteiger partial charge in [-0.2, -0.15) is 0 Å². The Kier molecular flexibility index (Phi) is 4.13. The molecular formula is C17H13N3O6. The van der Waals surface area contributed by atoms with Gasteiger partial charge in [-0.15, -0.1) is 0 Å². The second-order valence-electron chi connectivity index (χ2n) is 5.57. The third-order valence-electron chi connectivity index (χ3n) is 3.92. The van der Waals surface area contributed by atoms with Crippen LogP contribution in [-0.4, -0.2) is 46.7 Å². The van der Waals surface area contributed by atoms with Gasteiger partial charge in [0.05, 0.1) is 4.92 Å². The summed E-state index contributed by atoms with van der Waals surface area (Å²) in [5, 5.41) is 10.7. The second-order valence-corrected chi connectivity index (χ2v) is 5.57. The molecule has 0 aliphatic carbocycles. The summed E-state index contributed by atoms with van der Waals surface area (Å²) in [6.45, 7) is 0. The van der Waals surface area contributed by atoms with Crippen molar-refractivity contribution < 1.29 is 23.7 Å². The van der Waals surface area contributed by atoms with E-state index in [9.17, 15) is 24.5 Å². The van der Waals surface area contributed by atoms with Crippen LogP contribution in [0.15, 0.2) is 46.4 Å². The Hall–Kier alpha value is -3.75. The molecule has 1 saturated heterocycles. The third-order valence-corrected chi connectivity index (χ3v) is 3.92. The molecular weight excluding hydrogens is 342 g/mol. The van der Waals surface area contributed by atoms with E-state index < -0.39 is 22.8 Å². The quantitative estimate of drug-likeness (QED) is 0.361. The van der Waals surface area contributed by atoms with Crippen LogP contribution >= 0.6 is 0 Å². The first-order valence-electron chi connectivity index (χ1n) is 7.46. The van der Waals surface area contributed by atoms with Crippen LogP contribution in [0.5, 0.6) is 0 Å². The van der Waals surface area contributed by atoms with Gasteiger partial charge in [0.15, 0.2) is 0 Å². The van der Waals surface area contributed by atoms with E-state index in [-0.39, 0.29) is 17.0 Å². The first kappa shape index (κ1) is 17.1. The standard InChI is InChI=1S/C17H13N3O6/c1-18-15(21)13(16(22)19(2)17(18)23)9-12-7-8-14(26-12)10-3-5-11(6-4-10)20(24)25/h3-9H,1-2H3. The van der Waals surface area contributed by atoms with Crippen molar-refractivity contribution in [1.82, 2.24) is 9.80 Å². The van der Waals surface area contributed by atoms with Crippen molar-refractivity contribution in [3.63, 3.8) is 0 Å². The molecule has 0 unspecified atom stereocenters. The minimum Gasteiger partial charge on any atom is -0.457 e. The first-order chi connectivity index (χ1) is 12.3. The van der Waals surface area contributed by atoms with Gasteiger partial charge in [0.2, 0.25) is 0 Å². The van der Waals surface area contributed by atoms with Crippen molar-refractivity contribution >= 4 is 29.6 Å². The Morgan fingerprint density at radius 1 is 0.962 bits per heavy atom. The third kappa shape index (κ3) is 2.86. The number of nitro benzene ring substituents is 1. The highest BCUT2D eigenvalue weighted by atomic mass is 16.6. The van der Waals surface area contributed by atoms with Gasteiger partial charge in [-0.1, -0.05) is 0 Å². The lowest BCUT2D eigenvalue weighted by Gasteiger charge is -2.28. The summed E-state index contributed by atoms with van der Waals surface area (Å²) < 4.78 is 5.59. The topological polar surface area (TPSA) is 114 Å². The molecule has 26 heavy (non-hydrogen) atoms. The van der Waals surface area contributed by atoms with Crippen molar-refractivity contribution in [2.24, 2.45) is 0 Å². The van der Waals surface area contributed by atoms with E-state index in [1.807, 2.05) is 0 Å². The first-order valence-corrected chi connectivity index (χ1v) is 7.46. The van der Waals surface area contributed by atoms with Crippen LogP contribution in [0.1, 0.15) is 5.76 Å². The molecule has 1 aromatic carbocycles. The zero-order valence-electron chi connectivity index (χ0n) is 13.8. The van der Waals surface area contributed by atoms with Crippen molar-refractivity contribution in [3.8, 4) is 11.3 Å². The lowest BCUT2D eigenvalue weighted by Crippen LogP contribution is -2.52. The maximum atomic E-state index is 12.2. The maximum Gasteiger partial charge on any atom is 0.333 e. The average molecular weight is 355 g/mol. The van der Waals surface area contributed by atoms with Crippen LogP contribution in [0.3, 0.4) is 0 Å². The summed E-state index contributed by atoms with van der Waals surface area (Å²) in [5.41, 5.74) is 0.363. The molecule has 9 nitrogen and oxygen atoms in total. The summed E-state index contributed by atoms with van der Waals surface area (Å²) in [6.07, 6.45) is 1.26. The Bertz CT molecular complexity index is 931. The lowest BCUT2D eigenvalue weighted by molar-refractivity contribution is -0.384. The molecule has 132 valence electrons. The van der Waals surface area contributed by atoms with E-state index >= 15 is 0 Å². The number of carbonyl (C=O) groups excluding carboxylic acids is 3. The Balaban J connectivity index is 1.91. The highest BCUT2D eigenvalue weighted by Crippen LogP contribution is 2.26. The monoisotopic (exact) mass is 355 g/mol. The van der Waals surface area contributed by atoms with Gasteiger partial charge in [-0.05, 0) is 30.3 Å². The highest BCUT2D eigenvalue weighted by molar-refractivity contribution is 6.30. The summed E-state index contributed by atoms with van der Waals surface area (Å²) in [5.74, 6) is -0.774. The van der Waals surface area contributed by atoms with Gasteiger partial charge >= 0.3 is 6.03 Å². The zero-order chi connectivity index (χ0) is 19.0. The van der Waals surface area contributed by atoms with E-state index in [1.54, 1.807) is 12.1 Å². The minimum absolute atomic E-state index is 0.0446. The van der Waals surface area contributed by atoms with Gasteiger partial charge in [0.25, 0.3) is 17.5 Å². The largest absolute Gasteiger partial charge is 0.457 e. The number of nitro groups is 1. The molecule has 1 fully saturated rings. The van der Waals surface area contributed by atoms with Crippen LogP contribution in [0, 0.1) is 10.1 Å². The SMILES string of the molecule is CN1C(=O)C(=Cc2ccc(-c3ccc([N+](=O)[O-])cc3)o2)C(=O)N(C)C1=O. The Morgan fingerprint density at radius 2 is 1.54 bits per heavy atom. The van der Waals surface area contributed by atoms with E-state index in [2.05, 4.69) is 0 Å². The summed E-state index contributed by atoms with van der Waals surface area (Å²) in [4.78, 5) is 47.9. The van der Waals surface area contributed by atoms with E-state index in [0.717, 1.165) is 9.80 Å². The molecule has 9 heteroatoms. The Labute approximate surface area is 147 Å².